The summed E-state index contributed by atoms with van der Waals surface area (Å²) in [7, 11) is 0. The Kier molecular flexibility index (Phi) is 10.2. The van der Waals surface area contributed by atoms with Crippen molar-refractivity contribution in [1.29, 1.82) is 0 Å². The molecule has 182 valence electrons. The zero-order valence-corrected chi connectivity index (χ0v) is 21.3. The van der Waals surface area contributed by atoms with Gasteiger partial charge in [0.15, 0.2) is 0 Å². The fraction of sp³-hybridized carbons (Fsp3) is 0.571. The van der Waals surface area contributed by atoms with E-state index < -0.39 is 0 Å². The monoisotopic (exact) mass is 454 g/mol. The van der Waals surface area contributed by atoms with Crippen molar-refractivity contribution >= 4 is 11.8 Å². The number of furan rings is 1. The fourth-order valence-corrected chi connectivity index (χ4v) is 4.28. The maximum atomic E-state index is 13.4. The van der Waals surface area contributed by atoms with Crippen LogP contribution in [0.25, 0.3) is 0 Å². The van der Waals surface area contributed by atoms with Crippen LogP contribution in [0, 0.1) is 11.3 Å². The summed E-state index contributed by atoms with van der Waals surface area (Å²) in [6.07, 6.45) is 4.64. The first-order chi connectivity index (χ1) is 15.6. The van der Waals surface area contributed by atoms with Crippen LogP contribution in [-0.2, 0) is 22.6 Å². The van der Waals surface area contributed by atoms with Crippen LogP contribution in [0.15, 0.2) is 53.1 Å². The van der Waals surface area contributed by atoms with Crippen molar-refractivity contribution in [3.05, 3.63) is 60.1 Å². The molecule has 0 bridgehead atoms. The average Bonchev–Trinajstić information content (AvgIpc) is 3.26. The number of nitrogens with zero attached hydrogens (tertiary/aromatic N) is 2. The SMILES string of the molecule is CCC(C)N(CC(=O)N(CCc1ccccc1)Cc1ccco1)C(=O)CC(C)CC(C)(C)C. The minimum atomic E-state index is -0.0422. The maximum Gasteiger partial charge on any atom is 0.242 e. The standard InChI is InChI=1S/C28H42N2O3/c1-7-23(3)30(26(31)18-22(2)19-28(4,5)6)21-27(32)29(20-25-14-11-17-33-25)16-15-24-12-9-8-10-13-24/h8-14,17,22-23H,7,15-16,18-21H2,1-6H3. The second kappa shape index (κ2) is 12.6. The highest BCUT2D eigenvalue weighted by Crippen LogP contribution is 2.26. The van der Waals surface area contributed by atoms with E-state index in [0.29, 0.717) is 19.5 Å². The summed E-state index contributed by atoms with van der Waals surface area (Å²) >= 11 is 0. The van der Waals surface area contributed by atoms with Crippen LogP contribution in [0.4, 0.5) is 0 Å². The predicted octanol–water partition coefficient (Wildman–Crippen LogP) is 5.94. The third-order valence-electron chi connectivity index (χ3n) is 6.03. The summed E-state index contributed by atoms with van der Waals surface area (Å²) in [4.78, 5) is 30.3. The molecule has 1 heterocycles. The second-order valence-corrected chi connectivity index (χ2v) is 10.5. The molecule has 0 aliphatic heterocycles. The Balaban J connectivity index is 2.10. The zero-order chi connectivity index (χ0) is 24.4. The van der Waals surface area contributed by atoms with E-state index in [1.54, 1.807) is 11.2 Å². The van der Waals surface area contributed by atoms with E-state index in [4.69, 9.17) is 4.42 Å². The van der Waals surface area contributed by atoms with Crippen molar-refractivity contribution in [3.63, 3.8) is 0 Å². The molecule has 0 fully saturated rings. The van der Waals surface area contributed by atoms with Crippen LogP contribution >= 0.6 is 0 Å². The average molecular weight is 455 g/mol. The molecule has 0 aliphatic carbocycles. The number of carbonyl (C=O) groups is 2. The van der Waals surface area contributed by atoms with Crippen LogP contribution in [0.2, 0.25) is 0 Å². The highest BCUT2D eigenvalue weighted by Gasteiger charge is 2.27. The molecule has 0 aliphatic rings. The normalized spacial score (nSPS) is 13.4. The molecule has 0 saturated heterocycles. The molecule has 1 aromatic heterocycles. The first kappa shape index (κ1) is 26.7. The van der Waals surface area contributed by atoms with Crippen molar-refractivity contribution in [3.8, 4) is 0 Å². The molecule has 2 atom stereocenters. The van der Waals surface area contributed by atoms with Crippen LogP contribution in [0.3, 0.4) is 0 Å². The van der Waals surface area contributed by atoms with Crippen LogP contribution in [0.5, 0.6) is 0 Å². The van der Waals surface area contributed by atoms with Crippen molar-refractivity contribution in [1.82, 2.24) is 9.80 Å². The summed E-state index contributed by atoms with van der Waals surface area (Å²) in [6, 6.07) is 13.9. The summed E-state index contributed by atoms with van der Waals surface area (Å²) in [5.41, 5.74) is 1.36. The van der Waals surface area contributed by atoms with Gasteiger partial charge in [0.1, 0.15) is 12.3 Å². The summed E-state index contributed by atoms with van der Waals surface area (Å²) in [5.74, 6) is 1.04. The largest absolute Gasteiger partial charge is 0.467 e. The van der Waals surface area contributed by atoms with E-state index in [1.165, 1.54) is 5.56 Å². The molecule has 0 spiro atoms. The minimum Gasteiger partial charge on any atom is -0.467 e. The van der Waals surface area contributed by atoms with Crippen molar-refractivity contribution in [2.45, 2.75) is 79.8 Å². The molecule has 33 heavy (non-hydrogen) atoms. The van der Waals surface area contributed by atoms with Gasteiger partial charge in [-0.2, -0.15) is 0 Å². The number of benzene rings is 1. The first-order valence-corrected chi connectivity index (χ1v) is 12.2. The third-order valence-corrected chi connectivity index (χ3v) is 6.03. The molecule has 5 heteroatoms. The summed E-state index contributed by atoms with van der Waals surface area (Å²) in [5, 5.41) is 0. The van der Waals surface area contributed by atoms with Crippen molar-refractivity contribution in [2.75, 3.05) is 13.1 Å². The molecule has 2 unspecified atom stereocenters. The van der Waals surface area contributed by atoms with Gasteiger partial charge in [0.2, 0.25) is 11.8 Å². The van der Waals surface area contributed by atoms with Crippen molar-refractivity contribution in [2.24, 2.45) is 11.3 Å². The van der Waals surface area contributed by atoms with Gasteiger partial charge in [-0.3, -0.25) is 9.59 Å². The van der Waals surface area contributed by atoms with Gasteiger partial charge in [0.25, 0.3) is 0 Å². The topological polar surface area (TPSA) is 53.8 Å². The van der Waals surface area contributed by atoms with Gasteiger partial charge in [0.05, 0.1) is 12.8 Å². The molecule has 2 rings (SSSR count). The third kappa shape index (κ3) is 9.45. The van der Waals surface area contributed by atoms with E-state index in [1.807, 2.05) is 42.2 Å². The Hall–Kier alpha value is -2.56. The number of rotatable bonds is 12. The Morgan fingerprint density at radius 1 is 1.00 bits per heavy atom. The van der Waals surface area contributed by atoms with Crippen LogP contribution in [-0.4, -0.2) is 40.7 Å². The maximum absolute atomic E-state index is 13.4. The highest BCUT2D eigenvalue weighted by molar-refractivity contribution is 5.85. The summed E-state index contributed by atoms with van der Waals surface area (Å²) in [6.45, 7) is 13.9. The Bertz CT molecular complexity index is 840. The van der Waals surface area contributed by atoms with Gasteiger partial charge < -0.3 is 14.2 Å². The Morgan fingerprint density at radius 2 is 1.70 bits per heavy atom. The van der Waals surface area contributed by atoms with Crippen LogP contribution < -0.4 is 0 Å². The number of hydrogen-bond acceptors (Lipinski definition) is 3. The number of carbonyl (C=O) groups excluding carboxylic acids is 2. The van der Waals surface area contributed by atoms with Crippen LogP contribution in [0.1, 0.15) is 72.1 Å². The molecular weight excluding hydrogens is 412 g/mol. The van der Waals surface area contributed by atoms with E-state index in [-0.39, 0.29) is 35.7 Å². The van der Waals surface area contributed by atoms with Gasteiger partial charge in [-0.15, -0.1) is 0 Å². The zero-order valence-electron chi connectivity index (χ0n) is 21.3. The molecule has 2 amide bonds. The molecule has 1 aromatic carbocycles. The lowest BCUT2D eigenvalue weighted by Gasteiger charge is -2.32. The second-order valence-electron chi connectivity index (χ2n) is 10.5. The fourth-order valence-electron chi connectivity index (χ4n) is 4.28. The highest BCUT2D eigenvalue weighted by atomic mass is 16.3. The Morgan fingerprint density at radius 3 is 2.27 bits per heavy atom. The van der Waals surface area contributed by atoms with Gasteiger partial charge >= 0.3 is 0 Å². The smallest absolute Gasteiger partial charge is 0.242 e. The van der Waals surface area contributed by atoms with E-state index in [2.05, 4.69) is 46.8 Å². The minimum absolute atomic E-state index is 0.0165. The summed E-state index contributed by atoms with van der Waals surface area (Å²) < 4.78 is 5.51. The van der Waals surface area contributed by atoms with Gasteiger partial charge in [-0.05, 0) is 55.2 Å². The van der Waals surface area contributed by atoms with E-state index >= 15 is 0 Å². The molecule has 0 N–H and O–H groups in total. The quantitative estimate of drug-likeness (QED) is 0.399. The lowest BCUT2D eigenvalue weighted by atomic mass is 9.84. The van der Waals surface area contributed by atoms with E-state index in [0.717, 1.165) is 25.0 Å². The van der Waals surface area contributed by atoms with Gasteiger partial charge in [-0.25, -0.2) is 0 Å². The van der Waals surface area contributed by atoms with Gasteiger partial charge in [-0.1, -0.05) is 65.0 Å². The lowest BCUT2D eigenvalue weighted by molar-refractivity contribution is -0.143. The Labute approximate surface area is 200 Å². The molecule has 2 aromatic rings. The lowest BCUT2D eigenvalue weighted by Crippen LogP contribution is -2.47. The molecule has 0 saturated carbocycles. The van der Waals surface area contributed by atoms with E-state index in [9.17, 15) is 9.59 Å². The molecule has 5 nitrogen and oxygen atoms in total. The molecule has 0 radical (unpaired) electrons. The van der Waals surface area contributed by atoms with Gasteiger partial charge in [0, 0.05) is 19.0 Å². The predicted molar refractivity (Wildman–Crippen MR) is 134 cm³/mol. The number of amides is 2. The number of hydrogen-bond donors (Lipinski definition) is 0. The van der Waals surface area contributed by atoms with Crippen molar-refractivity contribution < 1.29 is 14.0 Å². The first-order valence-electron chi connectivity index (χ1n) is 12.2. The molecular formula is C28H42N2O3.